The number of carbonyl (C=O) groups excluding carboxylic acids is 2. The summed E-state index contributed by atoms with van der Waals surface area (Å²) in [7, 11) is 1.91. The van der Waals surface area contributed by atoms with E-state index in [4.69, 9.17) is 0 Å². The number of amides is 1. The van der Waals surface area contributed by atoms with Crippen molar-refractivity contribution in [2.45, 2.75) is 30.2 Å². The van der Waals surface area contributed by atoms with E-state index in [1.807, 2.05) is 35.9 Å². The van der Waals surface area contributed by atoms with Crippen molar-refractivity contribution in [2.75, 3.05) is 13.1 Å². The Kier molecular flexibility index (Phi) is 5.94. The number of hydrogen-bond donors (Lipinski definition) is 0. The molecule has 1 aliphatic rings. The maximum absolute atomic E-state index is 12.8. The van der Waals surface area contributed by atoms with Gasteiger partial charge < -0.3 is 9.47 Å². The zero-order valence-corrected chi connectivity index (χ0v) is 17.8. The molecule has 1 saturated heterocycles. The van der Waals surface area contributed by atoms with Gasteiger partial charge in [-0.15, -0.1) is 10.2 Å². The van der Waals surface area contributed by atoms with E-state index >= 15 is 0 Å². The number of ketones is 1. The Morgan fingerprint density at radius 1 is 1.20 bits per heavy atom. The molecule has 0 spiro atoms. The molecule has 1 aromatic carbocycles. The minimum absolute atomic E-state index is 0.0330. The minimum atomic E-state index is -0.0981. The summed E-state index contributed by atoms with van der Waals surface area (Å²) in [6, 6.07) is 11.3. The largest absolute Gasteiger partial charge is 0.339 e. The molecule has 0 saturated carbocycles. The van der Waals surface area contributed by atoms with Crippen LogP contribution in [0.3, 0.4) is 0 Å². The molecule has 3 aromatic rings. The third-order valence-electron chi connectivity index (χ3n) is 5.17. The van der Waals surface area contributed by atoms with Gasteiger partial charge in [0.15, 0.2) is 10.9 Å². The highest BCUT2D eigenvalue weighted by atomic mass is 32.2. The van der Waals surface area contributed by atoms with Crippen molar-refractivity contribution < 1.29 is 9.59 Å². The first-order valence-corrected chi connectivity index (χ1v) is 10.8. The third-order valence-corrected chi connectivity index (χ3v) is 6.38. The second kappa shape index (κ2) is 8.79. The fourth-order valence-corrected chi connectivity index (χ4v) is 4.16. The smallest absolute Gasteiger partial charge is 0.253 e. The van der Waals surface area contributed by atoms with Crippen molar-refractivity contribution in [3.8, 4) is 0 Å². The summed E-state index contributed by atoms with van der Waals surface area (Å²) >= 11 is 1.62. The van der Waals surface area contributed by atoms with E-state index in [0.29, 0.717) is 11.3 Å². The molecule has 0 bridgehead atoms. The van der Waals surface area contributed by atoms with E-state index in [2.05, 4.69) is 22.1 Å². The van der Waals surface area contributed by atoms with Crippen LogP contribution in [0.25, 0.3) is 0 Å². The van der Waals surface area contributed by atoms with Crippen LogP contribution in [0.2, 0.25) is 0 Å². The summed E-state index contributed by atoms with van der Waals surface area (Å²) in [4.78, 5) is 31.2. The molecule has 8 heteroatoms. The van der Waals surface area contributed by atoms with E-state index in [-0.39, 0.29) is 23.4 Å². The highest BCUT2D eigenvalue weighted by Gasteiger charge is 2.22. The molecule has 4 rings (SSSR count). The number of hydrogen-bond acceptors (Lipinski definition) is 6. The van der Waals surface area contributed by atoms with E-state index < -0.39 is 0 Å². The lowest BCUT2D eigenvalue weighted by Crippen LogP contribution is -2.42. The van der Waals surface area contributed by atoms with Gasteiger partial charge in [-0.1, -0.05) is 36.0 Å². The maximum Gasteiger partial charge on any atom is 0.253 e. The van der Waals surface area contributed by atoms with Gasteiger partial charge in [0.05, 0.1) is 0 Å². The molecule has 1 amide bonds. The second-order valence-electron chi connectivity index (χ2n) is 7.40. The van der Waals surface area contributed by atoms with E-state index in [1.165, 1.54) is 6.20 Å². The Balaban J connectivity index is 1.45. The monoisotopic (exact) mass is 421 g/mol. The van der Waals surface area contributed by atoms with Gasteiger partial charge in [-0.3, -0.25) is 14.6 Å². The van der Waals surface area contributed by atoms with E-state index in [1.54, 1.807) is 35.1 Å². The Bertz CT molecular complexity index is 1080. The van der Waals surface area contributed by atoms with Crippen LogP contribution >= 0.6 is 11.8 Å². The first-order valence-electron chi connectivity index (χ1n) is 9.89. The maximum atomic E-state index is 12.8. The van der Waals surface area contributed by atoms with Crippen molar-refractivity contribution >= 4 is 23.5 Å². The highest BCUT2D eigenvalue weighted by Crippen LogP contribution is 2.33. The predicted molar refractivity (Wildman–Crippen MR) is 115 cm³/mol. The molecule has 0 N–H and O–H groups in total. The summed E-state index contributed by atoms with van der Waals surface area (Å²) in [6.07, 6.45) is 4.49. The van der Waals surface area contributed by atoms with Crippen LogP contribution in [-0.4, -0.2) is 49.4 Å². The highest BCUT2D eigenvalue weighted by molar-refractivity contribution is 7.99. The van der Waals surface area contributed by atoms with Crippen LogP contribution in [0.1, 0.15) is 50.6 Å². The molecular formula is C22H23N5O2S. The van der Waals surface area contributed by atoms with Crippen LogP contribution in [0.15, 0.2) is 54.1 Å². The Morgan fingerprint density at radius 3 is 2.73 bits per heavy atom. The van der Waals surface area contributed by atoms with Gasteiger partial charge in [0.25, 0.3) is 5.91 Å². The number of benzene rings is 1. The zero-order chi connectivity index (χ0) is 21.1. The van der Waals surface area contributed by atoms with Crippen LogP contribution < -0.4 is 0 Å². The van der Waals surface area contributed by atoms with Crippen LogP contribution in [-0.2, 0) is 13.5 Å². The predicted octanol–water partition coefficient (Wildman–Crippen LogP) is 3.33. The van der Waals surface area contributed by atoms with Gasteiger partial charge in [0.2, 0.25) is 0 Å². The number of Topliss-reactive ketones (excluding diaryl/α,β-unsaturated/α-hetero) is 1. The molecule has 2 aromatic heterocycles. The van der Waals surface area contributed by atoms with Gasteiger partial charge in [0.1, 0.15) is 12.0 Å². The van der Waals surface area contributed by atoms with Gasteiger partial charge in [-0.2, -0.15) is 0 Å². The number of aryl methyl sites for hydroxylation is 1. The molecule has 0 radical (unpaired) electrons. The summed E-state index contributed by atoms with van der Waals surface area (Å²) in [6.45, 7) is 3.66. The Labute approximate surface area is 179 Å². The molecule has 3 heterocycles. The zero-order valence-electron chi connectivity index (χ0n) is 17.0. The normalized spacial score (nSPS) is 14.3. The molecule has 1 fully saturated rings. The molecule has 1 atom stereocenters. The van der Waals surface area contributed by atoms with Crippen molar-refractivity contribution in [2.24, 2.45) is 7.05 Å². The number of aromatic nitrogens is 4. The number of carbonyl (C=O) groups is 2. The molecule has 0 aliphatic carbocycles. The topological polar surface area (TPSA) is 81.0 Å². The number of nitrogens with zero attached hydrogens (tertiary/aromatic N) is 5. The summed E-state index contributed by atoms with van der Waals surface area (Å²) in [5.74, 6) is -0.131. The average Bonchev–Trinajstić information content (AvgIpc) is 3.11. The average molecular weight is 422 g/mol. The summed E-state index contributed by atoms with van der Waals surface area (Å²) in [5.41, 5.74) is 2.89. The molecule has 0 unspecified atom stereocenters. The van der Waals surface area contributed by atoms with Crippen LogP contribution in [0.5, 0.6) is 0 Å². The minimum Gasteiger partial charge on any atom is -0.339 e. The van der Waals surface area contributed by atoms with Gasteiger partial charge >= 0.3 is 0 Å². The first kappa shape index (κ1) is 20.3. The molecule has 154 valence electrons. The molecular weight excluding hydrogens is 398 g/mol. The van der Waals surface area contributed by atoms with E-state index in [0.717, 1.165) is 35.8 Å². The molecule has 1 aliphatic heterocycles. The number of pyridine rings is 1. The SMILES string of the molecule is C[C@H](Sc1nncn1C)c1cccc(CC(=O)c2cc(C(=O)N3CCC3)ccn2)c1. The lowest BCUT2D eigenvalue weighted by Gasteiger charge is -2.30. The van der Waals surface area contributed by atoms with Gasteiger partial charge in [-0.25, -0.2) is 0 Å². The quantitative estimate of drug-likeness (QED) is 0.430. The van der Waals surface area contributed by atoms with Crippen molar-refractivity contribution in [1.82, 2.24) is 24.6 Å². The van der Waals surface area contributed by atoms with Crippen LogP contribution in [0, 0.1) is 0 Å². The van der Waals surface area contributed by atoms with Gasteiger partial charge in [-0.05, 0) is 36.6 Å². The first-order chi connectivity index (χ1) is 14.5. The van der Waals surface area contributed by atoms with Crippen molar-refractivity contribution in [3.63, 3.8) is 0 Å². The Hall–Kier alpha value is -3.00. The summed E-state index contributed by atoms with van der Waals surface area (Å²) in [5, 5.41) is 9.04. The molecule has 7 nitrogen and oxygen atoms in total. The Morgan fingerprint density at radius 2 is 2.03 bits per heavy atom. The number of thioether (sulfide) groups is 1. The summed E-state index contributed by atoms with van der Waals surface area (Å²) < 4.78 is 1.88. The van der Waals surface area contributed by atoms with Crippen molar-refractivity contribution in [1.29, 1.82) is 0 Å². The number of rotatable bonds is 7. The van der Waals surface area contributed by atoms with Gasteiger partial charge in [0, 0.05) is 43.6 Å². The van der Waals surface area contributed by atoms with Crippen molar-refractivity contribution in [3.05, 3.63) is 71.3 Å². The molecule has 30 heavy (non-hydrogen) atoms. The van der Waals surface area contributed by atoms with E-state index in [9.17, 15) is 9.59 Å². The van der Waals surface area contributed by atoms with Crippen LogP contribution in [0.4, 0.5) is 0 Å². The fourth-order valence-electron chi connectivity index (χ4n) is 3.26. The standard InChI is InChI=1S/C22H23N5O2S/c1-15(30-22-25-24-14-26(22)2)17-6-3-5-16(11-17)12-20(28)19-13-18(7-8-23-19)21(29)27-9-4-10-27/h3,5-8,11,13-15H,4,9-10,12H2,1-2H3/t15-/m0/s1. The number of likely N-dealkylation sites (tertiary alicyclic amines) is 1. The fraction of sp³-hybridized carbons (Fsp3) is 0.318. The second-order valence-corrected chi connectivity index (χ2v) is 8.71. The lowest BCUT2D eigenvalue weighted by atomic mass is 10.0. The third kappa shape index (κ3) is 4.43. The lowest BCUT2D eigenvalue weighted by molar-refractivity contribution is 0.0651.